The molecule has 1 aliphatic rings. The van der Waals surface area contributed by atoms with Gasteiger partial charge in [0.05, 0.1) is 6.10 Å². The molecule has 3 heterocycles. The molecule has 1 aromatic carbocycles. The summed E-state index contributed by atoms with van der Waals surface area (Å²) in [4.78, 5) is 26.4. The molecule has 2 aromatic heterocycles. The molecule has 1 saturated heterocycles. The first-order valence-corrected chi connectivity index (χ1v) is 10.0. The first kappa shape index (κ1) is 20.2. The molecule has 11 heteroatoms. The second kappa shape index (κ2) is 8.36. The highest BCUT2D eigenvalue weighted by Crippen LogP contribution is 2.25. The van der Waals surface area contributed by atoms with E-state index in [0.29, 0.717) is 17.5 Å². The summed E-state index contributed by atoms with van der Waals surface area (Å²) >= 11 is 3.39. The summed E-state index contributed by atoms with van der Waals surface area (Å²) in [6, 6.07) is 8.26. The second-order valence-electron chi connectivity index (χ2n) is 6.82. The maximum absolute atomic E-state index is 12.1. The van der Waals surface area contributed by atoms with E-state index < -0.39 is 18.2 Å². The maximum atomic E-state index is 12.1. The smallest absolute Gasteiger partial charge is 0.416 e. The van der Waals surface area contributed by atoms with Gasteiger partial charge in [0, 0.05) is 16.2 Å². The average molecular weight is 475 g/mol. The lowest BCUT2D eigenvalue weighted by Crippen LogP contribution is -2.41. The number of benzene rings is 1. The number of carbonyl (C=O) groups is 1. The monoisotopic (exact) mass is 474 g/mol. The number of nitrogens with one attached hydrogen (secondary N) is 1. The number of carbonyl (C=O) groups excluding carboxylic acids is 1. The van der Waals surface area contributed by atoms with Crippen LogP contribution in [0.3, 0.4) is 0 Å². The molecule has 0 aliphatic carbocycles. The normalized spacial score (nSPS) is 18.2. The zero-order valence-corrected chi connectivity index (χ0v) is 17.8. The summed E-state index contributed by atoms with van der Waals surface area (Å²) in [5, 5.41) is 17.0. The Bertz CT molecular complexity index is 1040. The number of hydrogen-bond donors (Lipinski definition) is 2. The molecular weight excluding hydrogens is 456 g/mol. The number of nitrogens with zero attached hydrogens (tertiary/aromatic N) is 5. The zero-order chi connectivity index (χ0) is 21.3. The minimum atomic E-state index is -0.767. The van der Waals surface area contributed by atoms with Crippen molar-refractivity contribution >= 4 is 33.8 Å². The van der Waals surface area contributed by atoms with Crippen LogP contribution >= 0.6 is 15.9 Å². The Labute approximate surface area is 180 Å². The predicted octanol–water partition coefficient (Wildman–Crippen LogP) is 3.17. The van der Waals surface area contributed by atoms with E-state index in [9.17, 15) is 9.90 Å². The van der Waals surface area contributed by atoms with Crippen molar-refractivity contribution in [3.05, 3.63) is 46.9 Å². The van der Waals surface area contributed by atoms with Gasteiger partial charge < -0.3 is 19.7 Å². The van der Waals surface area contributed by atoms with Gasteiger partial charge >= 0.3 is 6.09 Å². The third-order valence-corrected chi connectivity index (χ3v) is 5.14. The fraction of sp³-hybridized carbons (Fsp3) is 0.316. The van der Waals surface area contributed by atoms with Crippen molar-refractivity contribution in [2.24, 2.45) is 0 Å². The molecule has 1 fully saturated rings. The molecule has 0 bridgehead atoms. The fourth-order valence-electron chi connectivity index (χ4n) is 2.99. The van der Waals surface area contributed by atoms with Crippen LogP contribution in [-0.4, -0.2) is 50.1 Å². The first-order valence-electron chi connectivity index (χ1n) is 9.25. The van der Waals surface area contributed by atoms with Crippen molar-refractivity contribution < 1.29 is 19.2 Å². The van der Waals surface area contributed by atoms with Crippen LogP contribution in [0.2, 0.25) is 0 Å². The molecule has 1 amide bonds. The topological polar surface area (TPSA) is 127 Å². The fourth-order valence-corrected chi connectivity index (χ4v) is 3.25. The molecule has 0 radical (unpaired) electrons. The molecule has 0 saturated carbocycles. The van der Waals surface area contributed by atoms with Crippen LogP contribution in [-0.2, 0) is 4.74 Å². The van der Waals surface area contributed by atoms with Crippen LogP contribution in [0.4, 0.5) is 16.6 Å². The minimum Gasteiger partial charge on any atom is -0.447 e. The van der Waals surface area contributed by atoms with Crippen LogP contribution < -0.4 is 10.2 Å². The van der Waals surface area contributed by atoms with E-state index >= 15 is 0 Å². The first-order chi connectivity index (χ1) is 14.4. The van der Waals surface area contributed by atoms with Crippen molar-refractivity contribution in [2.45, 2.75) is 32.0 Å². The Balaban J connectivity index is 1.50. The number of aliphatic hydroxyl groups excluding tert-OH is 1. The van der Waals surface area contributed by atoms with E-state index in [1.165, 1.54) is 11.1 Å². The van der Waals surface area contributed by atoms with Gasteiger partial charge in [-0.2, -0.15) is 9.97 Å². The third-order valence-electron chi connectivity index (χ3n) is 4.61. The summed E-state index contributed by atoms with van der Waals surface area (Å²) in [7, 11) is 0. The number of amides is 1. The Morgan fingerprint density at radius 1 is 1.23 bits per heavy atom. The molecule has 156 valence electrons. The van der Waals surface area contributed by atoms with Crippen molar-refractivity contribution in [3.63, 3.8) is 0 Å². The third kappa shape index (κ3) is 4.12. The number of halogens is 1. The van der Waals surface area contributed by atoms with Gasteiger partial charge in [0.25, 0.3) is 0 Å². The molecule has 10 nitrogen and oxygen atoms in total. The van der Waals surface area contributed by atoms with Gasteiger partial charge in [0.2, 0.25) is 17.7 Å². The minimum absolute atomic E-state index is 0.0977. The summed E-state index contributed by atoms with van der Waals surface area (Å²) < 4.78 is 11.4. The number of ether oxygens (including phenoxy) is 1. The molecule has 2 N–H and O–H groups in total. The molecular formula is C19H19BrN6O4. The maximum Gasteiger partial charge on any atom is 0.416 e. The van der Waals surface area contributed by atoms with Gasteiger partial charge in [-0.25, -0.2) is 9.78 Å². The van der Waals surface area contributed by atoms with Crippen LogP contribution in [0.25, 0.3) is 11.4 Å². The van der Waals surface area contributed by atoms with Crippen LogP contribution in [0, 0.1) is 0 Å². The Morgan fingerprint density at radius 3 is 2.73 bits per heavy atom. The van der Waals surface area contributed by atoms with Gasteiger partial charge in [0.1, 0.15) is 24.5 Å². The Morgan fingerprint density at radius 2 is 2.00 bits per heavy atom. The van der Waals surface area contributed by atoms with E-state index in [1.807, 2.05) is 31.2 Å². The largest absolute Gasteiger partial charge is 0.447 e. The number of rotatable bonds is 6. The molecule has 30 heavy (non-hydrogen) atoms. The number of aliphatic hydroxyl groups is 1. The molecule has 0 spiro atoms. The summed E-state index contributed by atoms with van der Waals surface area (Å²) in [6.45, 7) is 3.53. The average Bonchev–Trinajstić information content (AvgIpc) is 3.36. The van der Waals surface area contributed by atoms with Crippen molar-refractivity contribution in [3.8, 4) is 11.4 Å². The standard InChI is InChI=1S/C19H19BrN6O4/c1-10(17-24-16(25-30-17)12-3-5-13(20)6-4-12)22-18-21-8-7-15(23-18)26-14(11(2)27)9-29-19(26)28/h3-8,10-11,14,27H,9H2,1-2H3,(H,21,22,23)/t10?,11-,14?/m1/s1. The van der Waals surface area contributed by atoms with E-state index in [-0.39, 0.29) is 18.6 Å². The molecule has 1 aliphatic heterocycles. The van der Waals surface area contributed by atoms with Gasteiger partial charge in [-0.1, -0.05) is 21.1 Å². The Hall–Kier alpha value is -3.05. The number of anilines is 2. The Kier molecular flexibility index (Phi) is 5.64. The molecule has 3 aromatic rings. The van der Waals surface area contributed by atoms with E-state index in [2.05, 4.69) is 41.4 Å². The highest BCUT2D eigenvalue weighted by molar-refractivity contribution is 9.10. The van der Waals surface area contributed by atoms with Crippen molar-refractivity contribution in [1.29, 1.82) is 0 Å². The van der Waals surface area contributed by atoms with Crippen molar-refractivity contribution in [1.82, 2.24) is 20.1 Å². The number of aromatic nitrogens is 4. The highest BCUT2D eigenvalue weighted by Gasteiger charge is 2.38. The summed E-state index contributed by atoms with van der Waals surface area (Å²) in [5.74, 6) is 1.44. The lowest BCUT2D eigenvalue weighted by Gasteiger charge is -2.22. The number of cyclic esters (lactones) is 1. The van der Waals surface area contributed by atoms with Crippen LogP contribution in [0.1, 0.15) is 25.8 Å². The molecule has 2 unspecified atom stereocenters. The van der Waals surface area contributed by atoms with Gasteiger partial charge in [-0.05, 0) is 44.2 Å². The highest BCUT2D eigenvalue weighted by atomic mass is 79.9. The zero-order valence-electron chi connectivity index (χ0n) is 16.2. The molecule has 3 atom stereocenters. The van der Waals surface area contributed by atoms with E-state index in [4.69, 9.17) is 9.26 Å². The summed E-state index contributed by atoms with van der Waals surface area (Å²) in [6.07, 6.45) is 0.190. The van der Waals surface area contributed by atoms with Gasteiger partial charge in [-0.3, -0.25) is 4.90 Å². The quantitative estimate of drug-likeness (QED) is 0.553. The molecule has 4 rings (SSSR count). The van der Waals surface area contributed by atoms with Crippen LogP contribution in [0.5, 0.6) is 0 Å². The van der Waals surface area contributed by atoms with Crippen LogP contribution in [0.15, 0.2) is 45.5 Å². The van der Waals surface area contributed by atoms with Gasteiger partial charge in [-0.15, -0.1) is 0 Å². The second-order valence-corrected chi connectivity index (χ2v) is 7.74. The SMILES string of the molecule is CC(Nc1nccc(N2C(=O)OCC2[C@@H](C)O)n1)c1nc(-c2ccc(Br)cc2)no1. The van der Waals surface area contributed by atoms with Crippen molar-refractivity contribution in [2.75, 3.05) is 16.8 Å². The lowest BCUT2D eigenvalue weighted by atomic mass is 10.2. The van der Waals surface area contributed by atoms with E-state index in [0.717, 1.165) is 10.0 Å². The number of hydrogen-bond acceptors (Lipinski definition) is 9. The summed E-state index contributed by atoms with van der Waals surface area (Å²) in [5.41, 5.74) is 0.829. The lowest BCUT2D eigenvalue weighted by molar-refractivity contribution is 0.142. The van der Waals surface area contributed by atoms with Gasteiger partial charge in [0.15, 0.2) is 0 Å². The van der Waals surface area contributed by atoms with E-state index in [1.54, 1.807) is 13.0 Å². The predicted molar refractivity (Wildman–Crippen MR) is 111 cm³/mol.